The van der Waals surface area contributed by atoms with Crippen molar-refractivity contribution < 1.29 is 68.4 Å². The lowest BCUT2D eigenvalue weighted by molar-refractivity contribution is -0.178. The first-order valence-electron chi connectivity index (χ1n) is 16.7. The molecular formula is C31H32ClN9O14S2. The van der Waals surface area contributed by atoms with Gasteiger partial charge in [0.2, 0.25) is 22.3 Å². The molecule has 26 heteroatoms. The molecule has 1 aromatic heterocycles. The second-order valence-corrected chi connectivity index (χ2v) is 15.4. The number of aliphatic carboxylic acids is 2. The summed E-state index contributed by atoms with van der Waals surface area (Å²) in [6, 6.07) is -0.260. The van der Waals surface area contributed by atoms with Crippen LogP contribution in [0.15, 0.2) is 22.7 Å². The number of fused-ring (bicyclic) bond motifs is 1. The molecule has 4 fully saturated rings. The van der Waals surface area contributed by atoms with E-state index in [-0.39, 0.29) is 56.5 Å². The molecule has 23 nitrogen and oxygen atoms in total. The van der Waals surface area contributed by atoms with Crippen molar-refractivity contribution in [3.05, 3.63) is 33.8 Å². The second kappa shape index (κ2) is 15.9. The fraction of sp³-hybridized carbons (Fsp3) is 0.419. The number of ether oxygens (including phenoxy) is 1. The highest BCUT2D eigenvalue weighted by Crippen LogP contribution is 2.49. The summed E-state index contributed by atoms with van der Waals surface area (Å²) in [7, 11) is 0. The Morgan fingerprint density at radius 1 is 1.07 bits per heavy atom. The summed E-state index contributed by atoms with van der Waals surface area (Å²) in [5.41, 5.74) is 5.28. The number of carboxylic acid groups (broad SMARTS) is 2. The number of amides is 6. The molecule has 4 saturated heterocycles. The number of urea groups is 1. The minimum atomic E-state index is -2.05. The van der Waals surface area contributed by atoms with E-state index in [9.17, 15) is 58.8 Å². The number of carboxylic acids is 2. The number of Topliss-reactive ketones (excluding diaryl/α,β-unsaturated/α-hetero) is 1. The maximum atomic E-state index is 13.6. The van der Waals surface area contributed by atoms with E-state index in [1.54, 1.807) is 0 Å². The van der Waals surface area contributed by atoms with Crippen LogP contribution in [0.2, 0.25) is 5.02 Å². The zero-order valence-corrected chi connectivity index (χ0v) is 31.5. The quantitative estimate of drug-likeness (QED) is 0.0267. The third kappa shape index (κ3) is 7.64. The lowest BCUT2D eigenvalue weighted by Crippen LogP contribution is -2.68. The zero-order valence-electron chi connectivity index (χ0n) is 29.1. The van der Waals surface area contributed by atoms with Gasteiger partial charge in [-0.2, -0.15) is 0 Å². The molecular weight excluding hydrogens is 822 g/mol. The molecule has 6 amide bonds. The topological polar surface area (TPSA) is 333 Å². The molecule has 0 aliphatic carbocycles. The minimum Gasteiger partial charge on any atom is -0.504 e. The number of β-lactam (4-membered cyclic amide) rings is 1. The summed E-state index contributed by atoms with van der Waals surface area (Å²) < 4.78 is 5.23. The van der Waals surface area contributed by atoms with E-state index in [1.807, 2.05) is 0 Å². The van der Waals surface area contributed by atoms with Crippen molar-refractivity contribution >= 4 is 92.9 Å². The van der Waals surface area contributed by atoms with Gasteiger partial charge in [0, 0.05) is 37.7 Å². The summed E-state index contributed by atoms with van der Waals surface area (Å²) >= 11 is 7.49. The first-order chi connectivity index (χ1) is 27.0. The first kappa shape index (κ1) is 40.7. The Morgan fingerprint density at radius 2 is 1.79 bits per heavy atom. The van der Waals surface area contributed by atoms with E-state index >= 15 is 0 Å². The van der Waals surface area contributed by atoms with Crippen molar-refractivity contribution in [2.24, 2.45) is 5.16 Å². The Hall–Kier alpha value is -5.92. The minimum absolute atomic E-state index is 0.0482. The number of aromatic nitrogens is 1. The predicted octanol–water partition coefficient (Wildman–Crippen LogP) is -1.52. The van der Waals surface area contributed by atoms with Gasteiger partial charge in [0.05, 0.1) is 36.9 Å². The Bertz CT molecular complexity index is 2100. The van der Waals surface area contributed by atoms with Crippen LogP contribution in [0.25, 0.3) is 0 Å². The molecule has 0 radical (unpaired) electrons. The molecule has 0 saturated carbocycles. The highest BCUT2D eigenvalue weighted by atomic mass is 35.5. The third-order valence-corrected chi connectivity index (χ3v) is 12.1. The summed E-state index contributed by atoms with van der Waals surface area (Å²) in [6.45, 7) is -1.11. The van der Waals surface area contributed by atoms with Crippen LogP contribution < -0.4 is 21.8 Å². The molecule has 2 aromatic rings. The van der Waals surface area contributed by atoms with Crippen LogP contribution >= 0.6 is 34.7 Å². The monoisotopic (exact) mass is 853 g/mol. The van der Waals surface area contributed by atoms with Crippen LogP contribution in [0.5, 0.6) is 11.5 Å². The van der Waals surface area contributed by atoms with Gasteiger partial charge < -0.3 is 51.3 Å². The molecule has 1 aromatic carbocycles. The lowest BCUT2D eigenvalue weighted by Gasteiger charge is -2.41. The van der Waals surface area contributed by atoms with Gasteiger partial charge in [-0.1, -0.05) is 28.5 Å². The number of oxime groups is 1. The van der Waals surface area contributed by atoms with Crippen LogP contribution in [-0.4, -0.2) is 155 Å². The number of nitrogens with two attached hydrogens (primary N) is 1. The number of phenolic OH excluding ortho intramolecular Hbond substituents is 2. The first-order valence-corrected chi connectivity index (χ1v) is 18.9. The number of benzene rings is 1. The second-order valence-electron chi connectivity index (χ2n) is 12.8. The van der Waals surface area contributed by atoms with Crippen LogP contribution in [0.1, 0.15) is 35.3 Å². The van der Waals surface area contributed by atoms with Crippen LogP contribution in [0, 0.1) is 0 Å². The summed E-state index contributed by atoms with van der Waals surface area (Å²) in [6.07, 6.45) is -0.582. The maximum absolute atomic E-state index is 13.6. The molecule has 4 aliphatic rings. The van der Waals surface area contributed by atoms with Crippen molar-refractivity contribution in [3.63, 3.8) is 0 Å². The van der Waals surface area contributed by atoms with Gasteiger partial charge >= 0.3 is 18.0 Å². The van der Waals surface area contributed by atoms with Crippen LogP contribution in [-0.2, 0) is 38.3 Å². The van der Waals surface area contributed by atoms with Crippen LogP contribution in [0.4, 0.5) is 9.93 Å². The lowest BCUT2D eigenvalue weighted by atomic mass is 9.95. The number of phenols is 2. The molecule has 0 spiro atoms. The number of hydrogen-bond acceptors (Lipinski definition) is 17. The van der Waals surface area contributed by atoms with Crippen molar-refractivity contribution in [3.8, 4) is 11.5 Å². The number of carbonyl (C=O) groups is 8. The smallest absolute Gasteiger partial charge is 0.351 e. The van der Waals surface area contributed by atoms with Crippen molar-refractivity contribution in [1.82, 2.24) is 35.9 Å². The Morgan fingerprint density at radius 3 is 2.44 bits per heavy atom. The number of thioether (sulfide) groups is 1. The number of anilines is 1. The van der Waals surface area contributed by atoms with Gasteiger partial charge in [-0.3, -0.25) is 34.3 Å². The molecule has 57 heavy (non-hydrogen) atoms. The van der Waals surface area contributed by atoms with Crippen molar-refractivity contribution in [2.75, 3.05) is 45.1 Å². The van der Waals surface area contributed by atoms with Crippen molar-refractivity contribution in [1.29, 1.82) is 0 Å². The number of carbonyl (C=O) groups excluding carboxylic acids is 6. The van der Waals surface area contributed by atoms with E-state index in [1.165, 1.54) is 5.38 Å². The van der Waals surface area contributed by atoms with Gasteiger partial charge in [-0.25, -0.2) is 24.4 Å². The number of nitrogens with zero attached hydrogens (tertiary/aromatic N) is 5. The number of halogens is 1. The molecule has 0 unspecified atom stereocenters. The average molecular weight is 854 g/mol. The van der Waals surface area contributed by atoms with E-state index in [2.05, 4.69) is 26.2 Å². The molecule has 9 N–H and O–H groups in total. The normalized spacial score (nSPS) is 22.7. The SMILES string of the molecule is Nc1nc(/C(=N/OC2(C(=O)O)CCOCC2)C(=O)N[C@@H]2C(=O)N3C[C@@](C(=O)O)(N4CCN(NC(=O)CCNC(=O)C(=O)c5ccc(O)c(O)c5Cl)C4=O)S[C@H]23)cs1. The van der Waals surface area contributed by atoms with Gasteiger partial charge in [-0.15, -0.1) is 11.3 Å². The van der Waals surface area contributed by atoms with Gasteiger partial charge in [0.25, 0.3) is 17.6 Å². The Kier molecular flexibility index (Phi) is 11.4. The molecule has 3 atom stereocenters. The van der Waals surface area contributed by atoms with Gasteiger partial charge in [0.1, 0.15) is 17.1 Å². The Labute approximate surface area is 333 Å². The molecule has 304 valence electrons. The highest BCUT2D eigenvalue weighted by molar-refractivity contribution is 8.02. The predicted molar refractivity (Wildman–Crippen MR) is 194 cm³/mol. The molecule has 4 aliphatic heterocycles. The number of thiazole rings is 1. The van der Waals surface area contributed by atoms with E-state index < -0.39 is 110 Å². The van der Waals surface area contributed by atoms with Crippen molar-refractivity contribution in [2.45, 2.75) is 41.2 Å². The molecule has 6 rings (SSSR count). The number of nitrogens with one attached hydrogen (secondary N) is 3. The standard InChI is InChI=1S/C31H32ClN9O14S2/c32-17-13(1-2-15(42)21(17)45)20(44)23(47)34-6-3-16(43)37-41-8-7-40(29(41)53)31(27(51)52)12-39-24(48)19(25(39)57-31)36-22(46)18(14-11-56-28(33)35-14)38-55-30(26(49)50)4-9-54-10-5-30/h1-2,11,19,25,42,45H,3-10,12H2,(H2,33,35)(H,34,47)(H,36,46)(H,37,43)(H,49,50)(H,51,52)/b38-18-/t19-,25-,31-/m1/s1. The largest absolute Gasteiger partial charge is 0.504 e. The summed E-state index contributed by atoms with van der Waals surface area (Å²) in [5, 5.41) is 48.7. The fourth-order valence-electron chi connectivity index (χ4n) is 6.20. The zero-order chi connectivity index (χ0) is 41.4. The van der Waals surface area contributed by atoms with E-state index in [4.69, 9.17) is 26.9 Å². The van der Waals surface area contributed by atoms with Crippen LogP contribution in [0.3, 0.4) is 0 Å². The number of hydrogen-bond donors (Lipinski definition) is 8. The van der Waals surface area contributed by atoms with E-state index in [0.29, 0.717) is 11.8 Å². The molecule has 0 bridgehead atoms. The van der Waals surface area contributed by atoms with Gasteiger partial charge in [0.15, 0.2) is 22.3 Å². The number of ketones is 1. The third-order valence-electron chi connectivity index (χ3n) is 9.33. The molecule has 5 heterocycles. The fourth-order valence-corrected chi connectivity index (χ4v) is 8.63. The maximum Gasteiger partial charge on any atom is 0.351 e. The number of nitrogen functional groups attached to an aromatic ring is 1. The summed E-state index contributed by atoms with van der Waals surface area (Å²) in [5.74, 6) is -9.06. The number of hydrazine groups is 1. The summed E-state index contributed by atoms with van der Waals surface area (Å²) in [4.78, 5) is 112. The Balaban J connectivity index is 1.07. The number of rotatable bonds is 14. The highest BCUT2D eigenvalue weighted by Gasteiger charge is 2.66. The number of aromatic hydroxyl groups is 2. The van der Waals surface area contributed by atoms with E-state index in [0.717, 1.165) is 38.3 Å². The average Bonchev–Trinajstić information content (AvgIpc) is 3.88. The van der Waals surface area contributed by atoms with Gasteiger partial charge in [-0.05, 0) is 12.1 Å².